The summed E-state index contributed by atoms with van der Waals surface area (Å²) in [6.07, 6.45) is 0.201. The van der Waals surface area contributed by atoms with Crippen LogP contribution in [0.5, 0.6) is 5.75 Å². The summed E-state index contributed by atoms with van der Waals surface area (Å²) in [5, 5.41) is 12.8. The van der Waals surface area contributed by atoms with Crippen molar-refractivity contribution in [2.75, 3.05) is 6.54 Å². The van der Waals surface area contributed by atoms with Gasteiger partial charge in [0.05, 0.1) is 5.02 Å². The van der Waals surface area contributed by atoms with Gasteiger partial charge in [-0.3, -0.25) is 0 Å². The highest BCUT2D eigenvalue weighted by atomic mass is 35.5. The second-order valence-corrected chi connectivity index (χ2v) is 5.34. The Morgan fingerprint density at radius 2 is 2.16 bits per heavy atom. The summed E-state index contributed by atoms with van der Waals surface area (Å²) in [5.74, 6) is 1.20. The third-order valence-electron chi connectivity index (χ3n) is 2.66. The minimum atomic E-state index is -0.442. The van der Waals surface area contributed by atoms with Crippen LogP contribution in [0.15, 0.2) is 18.2 Å². The van der Waals surface area contributed by atoms with E-state index < -0.39 is 6.10 Å². The number of hydrogen-bond donors (Lipinski definition) is 1. The summed E-state index contributed by atoms with van der Waals surface area (Å²) in [6.45, 7) is 8.01. The Kier molecular flexibility index (Phi) is 6.69. The minimum absolute atomic E-state index is 0.442. The third-order valence-corrected chi connectivity index (χ3v) is 2.96. The molecule has 0 aliphatic carbocycles. The van der Waals surface area contributed by atoms with Gasteiger partial charge < -0.3 is 10.1 Å². The number of nitrogens with zero attached hydrogens (tertiary/aromatic N) is 1. The topological polar surface area (TPSA) is 45.0 Å². The smallest absolute Gasteiger partial charge is 0.184 e. The van der Waals surface area contributed by atoms with E-state index in [0.717, 1.165) is 18.7 Å². The zero-order chi connectivity index (χ0) is 14.3. The second kappa shape index (κ2) is 8.04. The van der Waals surface area contributed by atoms with Gasteiger partial charge in [0.25, 0.3) is 0 Å². The molecule has 0 amide bonds. The number of benzene rings is 1. The Balaban J connectivity index is 2.62. The molecule has 1 atom stereocenters. The first-order valence-electron chi connectivity index (χ1n) is 6.62. The molecule has 0 aromatic heterocycles. The molecule has 0 bridgehead atoms. The molecule has 0 saturated carbocycles. The van der Waals surface area contributed by atoms with Gasteiger partial charge in [-0.05, 0) is 36.6 Å². The van der Waals surface area contributed by atoms with Crippen LogP contribution >= 0.6 is 11.6 Å². The van der Waals surface area contributed by atoms with E-state index in [9.17, 15) is 0 Å². The minimum Gasteiger partial charge on any atom is -0.474 e. The lowest BCUT2D eigenvalue weighted by atomic mass is 10.2. The Bertz CT molecular complexity index is 440. The molecule has 1 N–H and O–H groups in total. The number of nitrogens with one attached hydrogen (secondary N) is 1. The Morgan fingerprint density at radius 1 is 1.42 bits per heavy atom. The monoisotopic (exact) mass is 280 g/mol. The van der Waals surface area contributed by atoms with E-state index in [0.29, 0.717) is 23.1 Å². The highest BCUT2D eigenvalue weighted by Crippen LogP contribution is 2.26. The molecule has 0 aliphatic rings. The van der Waals surface area contributed by atoms with Gasteiger partial charge in [-0.15, -0.1) is 0 Å². The van der Waals surface area contributed by atoms with Crippen molar-refractivity contribution in [3.8, 4) is 11.8 Å². The summed E-state index contributed by atoms with van der Waals surface area (Å²) >= 11 is 6.17. The van der Waals surface area contributed by atoms with E-state index >= 15 is 0 Å². The van der Waals surface area contributed by atoms with Gasteiger partial charge >= 0.3 is 0 Å². The van der Waals surface area contributed by atoms with Crippen LogP contribution in [0.4, 0.5) is 0 Å². The Labute approximate surface area is 120 Å². The van der Waals surface area contributed by atoms with Gasteiger partial charge in [-0.2, -0.15) is 5.26 Å². The molecule has 0 heterocycles. The fraction of sp³-hybridized carbons (Fsp3) is 0.533. The van der Waals surface area contributed by atoms with Crippen molar-refractivity contribution in [2.45, 2.75) is 39.8 Å². The predicted molar refractivity (Wildman–Crippen MR) is 78.3 cm³/mol. The van der Waals surface area contributed by atoms with E-state index in [2.05, 4.69) is 25.2 Å². The van der Waals surface area contributed by atoms with Gasteiger partial charge in [0.15, 0.2) is 6.10 Å². The molecule has 0 radical (unpaired) electrons. The first-order chi connectivity index (χ1) is 9.06. The van der Waals surface area contributed by atoms with E-state index in [4.69, 9.17) is 21.6 Å². The SMILES string of the molecule is CCC(C#N)Oc1ccc(CNCC(C)C)cc1Cl. The molecular weight excluding hydrogens is 260 g/mol. The van der Waals surface area contributed by atoms with Crippen LogP contribution in [0.3, 0.4) is 0 Å². The lowest BCUT2D eigenvalue weighted by molar-refractivity contribution is 0.252. The first-order valence-corrected chi connectivity index (χ1v) is 7.00. The van der Waals surface area contributed by atoms with E-state index in [-0.39, 0.29) is 0 Å². The third kappa shape index (κ3) is 5.50. The number of rotatable bonds is 7. The standard InChI is InChI=1S/C15H21ClN2O/c1-4-13(8-17)19-15-6-5-12(7-14(15)16)10-18-9-11(2)3/h5-7,11,13,18H,4,9-10H2,1-3H3. The van der Waals surface area contributed by atoms with Crippen molar-refractivity contribution >= 4 is 11.6 Å². The number of nitriles is 1. The lowest BCUT2D eigenvalue weighted by Gasteiger charge is -2.13. The molecule has 19 heavy (non-hydrogen) atoms. The predicted octanol–water partition coefficient (Wildman–Crippen LogP) is 3.77. The molecule has 3 nitrogen and oxygen atoms in total. The van der Waals surface area contributed by atoms with Crippen molar-refractivity contribution < 1.29 is 4.74 Å². The zero-order valence-corrected chi connectivity index (χ0v) is 12.5. The summed E-state index contributed by atoms with van der Waals surface area (Å²) in [5.41, 5.74) is 1.11. The number of ether oxygens (including phenoxy) is 1. The van der Waals surface area contributed by atoms with Gasteiger partial charge in [0, 0.05) is 6.54 Å². The fourth-order valence-corrected chi connectivity index (χ4v) is 1.86. The summed E-state index contributed by atoms with van der Waals surface area (Å²) in [6, 6.07) is 7.78. The molecule has 0 aliphatic heterocycles. The van der Waals surface area contributed by atoms with Crippen LogP contribution in [0.1, 0.15) is 32.8 Å². The van der Waals surface area contributed by atoms with Crippen LogP contribution in [0, 0.1) is 17.2 Å². The van der Waals surface area contributed by atoms with Crippen molar-refractivity contribution in [1.82, 2.24) is 5.32 Å². The van der Waals surface area contributed by atoms with Crippen LogP contribution in [-0.2, 0) is 6.54 Å². The first kappa shape index (κ1) is 15.8. The normalized spacial score (nSPS) is 12.2. The summed E-state index contributed by atoms with van der Waals surface area (Å²) in [4.78, 5) is 0. The van der Waals surface area contributed by atoms with Crippen LogP contribution in [0.25, 0.3) is 0 Å². The molecule has 0 saturated heterocycles. The average Bonchev–Trinajstić information content (AvgIpc) is 2.37. The van der Waals surface area contributed by atoms with Crippen LogP contribution in [0.2, 0.25) is 5.02 Å². The van der Waals surface area contributed by atoms with Crippen LogP contribution in [-0.4, -0.2) is 12.6 Å². The highest BCUT2D eigenvalue weighted by Gasteiger charge is 2.09. The van der Waals surface area contributed by atoms with E-state index in [1.807, 2.05) is 25.1 Å². The Hall–Kier alpha value is -1.24. The maximum atomic E-state index is 8.87. The maximum Gasteiger partial charge on any atom is 0.184 e. The largest absolute Gasteiger partial charge is 0.474 e. The molecule has 0 spiro atoms. The second-order valence-electron chi connectivity index (χ2n) is 4.93. The highest BCUT2D eigenvalue weighted by molar-refractivity contribution is 6.32. The Morgan fingerprint density at radius 3 is 2.68 bits per heavy atom. The molecular formula is C15H21ClN2O. The van der Waals surface area contributed by atoms with Gasteiger partial charge in [0.1, 0.15) is 11.8 Å². The van der Waals surface area contributed by atoms with Crippen molar-refractivity contribution in [1.29, 1.82) is 5.26 Å². The van der Waals surface area contributed by atoms with Crippen molar-refractivity contribution in [3.05, 3.63) is 28.8 Å². The molecule has 1 unspecified atom stereocenters. The number of halogens is 1. The summed E-state index contributed by atoms with van der Waals surface area (Å²) < 4.78 is 5.53. The van der Waals surface area contributed by atoms with Crippen LogP contribution < -0.4 is 10.1 Å². The summed E-state index contributed by atoms with van der Waals surface area (Å²) in [7, 11) is 0. The van der Waals surface area contributed by atoms with Gasteiger partial charge in [-0.1, -0.05) is 38.4 Å². The lowest BCUT2D eigenvalue weighted by Crippen LogP contribution is -2.19. The zero-order valence-electron chi connectivity index (χ0n) is 11.7. The van der Waals surface area contributed by atoms with Crippen molar-refractivity contribution in [2.24, 2.45) is 5.92 Å². The molecule has 1 aromatic carbocycles. The molecule has 104 valence electrons. The molecule has 1 aromatic rings. The molecule has 1 rings (SSSR count). The quantitative estimate of drug-likeness (QED) is 0.827. The van der Waals surface area contributed by atoms with Crippen molar-refractivity contribution in [3.63, 3.8) is 0 Å². The average molecular weight is 281 g/mol. The van der Waals surface area contributed by atoms with E-state index in [1.165, 1.54) is 0 Å². The fourth-order valence-electron chi connectivity index (χ4n) is 1.61. The molecule has 0 fully saturated rings. The van der Waals surface area contributed by atoms with Gasteiger partial charge in [-0.25, -0.2) is 0 Å². The molecule has 4 heteroatoms. The maximum absolute atomic E-state index is 8.87. The van der Waals surface area contributed by atoms with E-state index in [1.54, 1.807) is 0 Å². The number of hydrogen-bond acceptors (Lipinski definition) is 3. The van der Waals surface area contributed by atoms with Gasteiger partial charge in [0.2, 0.25) is 0 Å².